The van der Waals surface area contributed by atoms with E-state index in [9.17, 15) is 9.18 Å². The van der Waals surface area contributed by atoms with Crippen LogP contribution in [0.15, 0.2) is 24.3 Å². The highest BCUT2D eigenvalue weighted by Gasteiger charge is 2.01. The molecule has 4 nitrogen and oxygen atoms in total. The molecule has 0 bridgehead atoms. The van der Waals surface area contributed by atoms with Crippen LogP contribution in [0.4, 0.5) is 4.39 Å². The number of aliphatic carboxylic acids is 1. The van der Waals surface area contributed by atoms with Gasteiger partial charge in [-0.15, -0.1) is 0 Å². The van der Waals surface area contributed by atoms with Crippen LogP contribution in [-0.2, 0) is 4.79 Å². The van der Waals surface area contributed by atoms with Gasteiger partial charge in [0.15, 0.2) is 0 Å². The van der Waals surface area contributed by atoms with E-state index in [2.05, 4.69) is 0 Å². The first-order valence-electron chi connectivity index (χ1n) is 5.83. The minimum Gasteiger partial charge on any atom is -0.493 e. The minimum absolute atomic E-state index is 0.349. The van der Waals surface area contributed by atoms with Gasteiger partial charge in [-0.1, -0.05) is 0 Å². The van der Waals surface area contributed by atoms with Crippen LogP contribution >= 0.6 is 0 Å². The van der Waals surface area contributed by atoms with Crippen molar-refractivity contribution in [1.82, 2.24) is 0 Å². The van der Waals surface area contributed by atoms with Gasteiger partial charge >= 0.3 is 5.97 Å². The SMILES string of the molecule is N#CCCCCOc1cc(F)cc(/C=C/C(=O)O)c1. The zero-order valence-corrected chi connectivity index (χ0v) is 10.3. The van der Waals surface area contributed by atoms with Gasteiger partial charge in [0.1, 0.15) is 11.6 Å². The Balaban J connectivity index is 2.59. The Morgan fingerprint density at radius 3 is 2.89 bits per heavy atom. The van der Waals surface area contributed by atoms with Crippen LogP contribution in [0.3, 0.4) is 0 Å². The first-order valence-corrected chi connectivity index (χ1v) is 5.83. The van der Waals surface area contributed by atoms with Gasteiger partial charge in [0.05, 0.1) is 12.7 Å². The maximum Gasteiger partial charge on any atom is 0.328 e. The molecule has 1 aromatic rings. The number of carbonyl (C=O) groups is 1. The van der Waals surface area contributed by atoms with Crippen molar-refractivity contribution in [3.63, 3.8) is 0 Å². The van der Waals surface area contributed by atoms with E-state index in [1.807, 2.05) is 6.07 Å². The lowest BCUT2D eigenvalue weighted by Gasteiger charge is -2.06. The van der Waals surface area contributed by atoms with Gasteiger partial charge in [0, 0.05) is 18.6 Å². The molecule has 0 fully saturated rings. The fourth-order valence-electron chi connectivity index (χ4n) is 1.43. The predicted molar refractivity (Wildman–Crippen MR) is 68.0 cm³/mol. The molecule has 0 aliphatic heterocycles. The summed E-state index contributed by atoms with van der Waals surface area (Å²) >= 11 is 0. The number of rotatable bonds is 7. The Bertz CT molecular complexity index is 506. The third kappa shape index (κ3) is 6.22. The number of nitriles is 1. The van der Waals surface area contributed by atoms with Gasteiger partial charge in [-0.25, -0.2) is 9.18 Å². The van der Waals surface area contributed by atoms with Crippen molar-refractivity contribution in [3.8, 4) is 11.8 Å². The van der Waals surface area contributed by atoms with E-state index < -0.39 is 11.8 Å². The van der Waals surface area contributed by atoms with E-state index in [0.717, 1.165) is 12.5 Å². The maximum absolute atomic E-state index is 13.3. The molecule has 0 aromatic heterocycles. The van der Waals surface area contributed by atoms with Crippen LogP contribution < -0.4 is 4.74 Å². The molecular weight excluding hydrogens is 249 g/mol. The molecule has 0 saturated heterocycles. The lowest BCUT2D eigenvalue weighted by molar-refractivity contribution is -0.131. The molecule has 1 aromatic carbocycles. The van der Waals surface area contributed by atoms with Crippen LogP contribution in [0, 0.1) is 17.1 Å². The standard InChI is InChI=1S/C14H14FNO3/c15-12-8-11(4-5-14(17)18)9-13(10-12)19-7-3-1-2-6-16/h4-5,8-10H,1-3,7H2,(H,17,18)/b5-4+. The molecule has 1 rings (SSSR count). The topological polar surface area (TPSA) is 70.3 Å². The third-order valence-corrected chi connectivity index (χ3v) is 2.26. The summed E-state index contributed by atoms with van der Waals surface area (Å²) in [7, 11) is 0. The van der Waals surface area contributed by atoms with Gasteiger partial charge in [-0.2, -0.15) is 5.26 Å². The summed E-state index contributed by atoms with van der Waals surface area (Å²) in [6.45, 7) is 0.396. The highest BCUT2D eigenvalue weighted by atomic mass is 19.1. The van der Waals surface area contributed by atoms with Crippen molar-refractivity contribution >= 4 is 12.0 Å². The molecule has 19 heavy (non-hydrogen) atoms. The van der Waals surface area contributed by atoms with E-state index in [-0.39, 0.29) is 0 Å². The molecule has 0 spiro atoms. The highest BCUT2D eigenvalue weighted by molar-refractivity contribution is 5.85. The zero-order chi connectivity index (χ0) is 14.1. The average Bonchev–Trinajstić information content (AvgIpc) is 2.35. The molecule has 5 heteroatoms. The molecule has 0 amide bonds. The summed E-state index contributed by atoms with van der Waals surface area (Å²) in [5, 5.41) is 16.9. The predicted octanol–water partition coefficient (Wildman–Crippen LogP) is 3.00. The van der Waals surface area contributed by atoms with Crippen molar-refractivity contribution in [3.05, 3.63) is 35.7 Å². The number of hydrogen-bond acceptors (Lipinski definition) is 3. The Labute approximate surface area is 110 Å². The quantitative estimate of drug-likeness (QED) is 0.606. The van der Waals surface area contributed by atoms with Crippen molar-refractivity contribution in [2.45, 2.75) is 19.3 Å². The van der Waals surface area contributed by atoms with E-state index in [1.54, 1.807) is 6.07 Å². The average molecular weight is 263 g/mol. The molecule has 0 heterocycles. The molecular formula is C14H14FNO3. The maximum atomic E-state index is 13.3. The summed E-state index contributed by atoms with van der Waals surface area (Å²) in [5.74, 6) is -1.23. The molecule has 0 aliphatic rings. The number of ether oxygens (including phenoxy) is 1. The first kappa shape index (κ1) is 14.7. The third-order valence-electron chi connectivity index (χ3n) is 2.26. The van der Waals surface area contributed by atoms with Crippen molar-refractivity contribution in [2.24, 2.45) is 0 Å². The van der Waals surface area contributed by atoms with E-state index in [1.165, 1.54) is 18.2 Å². The number of nitrogens with zero attached hydrogens (tertiary/aromatic N) is 1. The van der Waals surface area contributed by atoms with Crippen LogP contribution in [0.2, 0.25) is 0 Å². The second-order valence-electron chi connectivity index (χ2n) is 3.86. The summed E-state index contributed by atoms with van der Waals surface area (Å²) in [6.07, 6.45) is 4.15. The first-order chi connectivity index (χ1) is 9.11. The van der Waals surface area contributed by atoms with Crippen LogP contribution in [0.25, 0.3) is 6.08 Å². The van der Waals surface area contributed by atoms with Gasteiger partial charge < -0.3 is 9.84 Å². The molecule has 1 N–H and O–H groups in total. The lowest BCUT2D eigenvalue weighted by atomic mass is 10.2. The van der Waals surface area contributed by atoms with Crippen molar-refractivity contribution in [2.75, 3.05) is 6.61 Å². The van der Waals surface area contributed by atoms with Crippen LogP contribution in [-0.4, -0.2) is 17.7 Å². The van der Waals surface area contributed by atoms with Gasteiger partial charge in [-0.3, -0.25) is 0 Å². The van der Waals surface area contributed by atoms with Gasteiger partial charge in [0.25, 0.3) is 0 Å². The fourth-order valence-corrected chi connectivity index (χ4v) is 1.43. The van der Waals surface area contributed by atoms with Crippen molar-refractivity contribution < 1.29 is 19.0 Å². The smallest absolute Gasteiger partial charge is 0.328 e. The normalized spacial score (nSPS) is 10.3. The number of unbranched alkanes of at least 4 members (excludes halogenated alkanes) is 2. The Hall–Kier alpha value is -2.35. The number of carboxylic acids is 1. The Morgan fingerprint density at radius 1 is 1.42 bits per heavy atom. The summed E-state index contributed by atoms with van der Waals surface area (Å²) in [5.41, 5.74) is 0.425. The monoisotopic (exact) mass is 263 g/mol. The Kier molecular flexibility index (Phi) is 6.10. The second kappa shape index (κ2) is 7.88. The molecule has 0 radical (unpaired) electrons. The van der Waals surface area contributed by atoms with Crippen LogP contribution in [0.5, 0.6) is 5.75 Å². The number of benzene rings is 1. The van der Waals surface area contributed by atoms with Crippen LogP contribution in [0.1, 0.15) is 24.8 Å². The fraction of sp³-hybridized carbons (Fsp3) is 0.286. The molecule has 0 atom stereocenters. The van der Waals surface area contributed by atoms with Crippen molar-refractivity contribution in [1.29, 1.82) is 5.26 Å². The lowest BCUT2D eigenvalue weighted by Crippen LogP contribution is -1.98. The van der Waals surface area contributed by atoms with E-state index in [4.69, 9.17) is 15.1 Å². The Morgan fingerprint density at radius 2 is 2.21 bits per heavy atom. The summed E-state index contributed by atoms with van der Waals surface area (Å²) < 4.78 is 18.6. The number of halogens is 1. The molecule has 100 valence electrons. The van der Waals surface area contributed by atoms with Gasteiger partial charge in [0.2, 0.25) is 0 Å². The minimum atomic E-state index is -1.09. The molecule has 0 unspecified atom stereocenters. The number of hydrogen-bond donors (Lipinski definition) is 1. The summed E-state index contributed by atoms with van der Waals surface area (Å²) in [6, 6.07) is 6.06. The van der Waals surface area contributed by atoms with Gasteiger partial charge in [-0.05, 0) is 36.6 Å². The molecule has 0 saturated carbocycles. The van der Waals surface area contributed by atoms with E-state index >= 15 is 0 Å². The number of carboxylic acid groups (broad SMARTS) is 1. The summed E-state index contributed by atoms with van der Waals surface area (Å²) in [4.78, 5) is 10.4. The molecule has 0 aliphatic carbocycles. The highest BCUT2D eigenvalue weighted by Crippen LogP contribution is 2.18. The largest absolute Gasteiger partial charge is 0.493 e. The second-order valence-corrected chi connectivity index (χ2v) is 3.86. The zero-order valence-electron chi connectivity index (χ0n) is 10.3. The van der Waals surface area contributed by atoms with E-state index in [0.29, 0.717) is 30.8 Å².